The van der Waals surface area contributed by atoms with Gasteiger partial charge in [0, 0.05) is 18.0 Å². The van der Waals surface area contributed by atoms with Gasteiger partial charge in [0.25, 0.3) is 5.56 Å². The molecule has 1 amide bonds. The van der Waals surface area contributed by atoms with Crippen LogP contribution in [0.25, 0.3) is 0 Å². The van der Waals surface area contributed by atoms with Crippen molar-refractivity contribution >= 4 is 5.91 Å². The summed E-state index contributed by atoms with van der Waals surface area (Å²) in [4.78, 5) is 31.9. The van der Waals surface area contributed by atoms with Crippen LogP contribution in [0, 0.1) is 26.7 Å². The van der Waals surface area contributed by atoms with Gasteiger partial charge in [0.1, 0.15) is 5.82 Å². The van der Waals surface area contributed by atoms with Gasteiger partial charge in [0.2, 0.25) is 5.91 Å². The lowest BCUT2D eigenvalue weighted by Crippen LogP contribution is -2.30. The number of amides is 1. The number of aryl methyl sites for hydroxylation is 4. The van der Waals surface area contributed by atoms with E-state index in [9.17, 15) is 9.59 Å². The molecule has 1 unspecified atom stereocenters. The molecule has 5 nitrogen and oxygen atoms in total. The molecule has 2 N–H and O–H groups in total. The molecular weight excluding hydrogens is 314 g/mol. The quantitative estimate of drug-likeness (QED) is 0.844. The van der Waals surface area contributed by atoms with Gasteiger partial charge in [-0.3, -0.25) is 9.59 Å². The maximum absolute atomic E-state index is 12.6. The van der Waals surface area contributed by atoms with E-state index >= 15 is 0 Å². The molecule has 1 aliphatic rings. The Kier molecular flexibility index (Phi) is 5.02. The second kappa shape index (κ2) is 7.21. The second-order valence-corrected chi connectivity index (χ2v) is 7.00. The number of carbonyl (C=O) groups is 1. The average Bonchev–Trinajstić information content (AvgIpc) is 2.78. The van der Waals surface area contributed by atoms with Crippen LogP contribution >= 0.6 is 0 Å². The molecule has 0 bridgehead atoms. The Morgan fingerprint density at radius 1 is 1.24 bits per heavy atom. The minimum absolute atomic E-state index is 0.0565. The summed E-state index contributed by atoms with van der Waals surface area (Å²) in [7, 11) is 0. The summed E-state index contributed by atoms with van der Waals surface area (Å²) in [5.41, 5.74) is 5.07. The molecule has 1 aromatic heterocycles. The Morgan fingerprint density at radius 3 is 2.80 bits per heavy atom. The Balaban J connectivity index is 1.65. The van der Waals surface area contributed by atoms with E-state index in [1.807, 2.05) is 0 Å². The van der Waals surface area contributed by atoms with Crippen LogP contribution in [0.15, 0.2) is 23.0 Å². The summed E-state index contributed by atoms with van der Waals surface area (Å²) >= 11 is 0. The van der Waals surface area contributed by atoms with Crippen LogP contribution in [0.5, 0.6) is 0 Å². The fourth-order valence-corrected chi connectivity index (χ4v) is 3.49. The Bertz CT molecular complexity index is 855. The molecule has 25 heavy (non-hydrogen) atoms. The number of carbonyl (C=O) groups excluding carboxylic acids is 1. The monoisotopic (exact) mass is 339 g/mol. The fraction of sp³-hybridized carbons (Fsp3) is 0.450. The van der Waals surface area contributed by atoms with Crippen LogP contribution in [-0.2, 0) is 24.2 Å². The largest absolute Gasteiger partial charge is 0.352 e. The standard InChI is InChI=1S/C20H25N3O2/c1-12-4-5-13(2)16(10-12)11-21-19(24)15-6-8-17-18(9-7-15)22-14(3)23-20(17)25/h4-5,10,15H,6-9,11H2,1-3H3,(H,21,24)(H,22,23,25). The van der Waals surface area contributed by atoms with Crippen molar-refractivity contribution in [3.05, 3.63) is 62.3 Å². The molecule has 0 saturated heterocycles. The first-order valence-electron chi connectivity index (χ1n) is 8.86. The smallest absolute Gasteiger partial charge is 0.254 e. The molecule has 132 valence electrons. The Labute approximate surface area is 147 Å². The molecule has 0 saturated carbocycles. The van der Waals surface area contributed by atoms with Gasteiger partial charge in [-0.25, -0.2) is 4.98 Å². The van der Waals surface area contributed by atoms with Gasteiger partial charge in [-0.15, -0.1) is 0 Å². The molecule has 1 aliphatic carbocycles. The number of nitrogens with one attached hydrogen (secondary N) is 2. The molecule has 0 radical (unpaired) electrons. The Morgan fingerprint density at radius 2 is 2.00 bits per heavy atom. The lowest BCUT2D eigenvalue weighted by molar-refractivity contribution is -0.125. The predicted molar refractivity (Wildman–Crippen MR) is 97.5 cm³/mol. The summed E-state index contributed by atoms with van der Waals surface area (Å²) in [6.07, 6.45) is 2.72. The highest BCUT2D eigenvalue weighted by Crippen LogP contribution is 2.22. The van der Waals surface area contributed by atoms with Crippen molar-refractivity contribution in [1.29, 1.82) is 0 Å². The van der Waals surface area contributed by atoms with Gasteiger partial charge in [0.05, 0.1) is 5.69 Å². The summed E-state index contributed by atoms with van der Waals surface area (Å²) in [5.74, 6) is 0.641. The summed E-state index contributed by atoms with van der Waals surface area (Å²) in [5, 5.41) is 3.07. The van der Waals surface area contributed by atoms with Gasteiger partial charge in [-0.05, 0) is 57.6 Å². The number of aromatic amines is 1. The minimum atomic E-state index is -0.0704. The maximum atomic E-state index is 12.6. The number of H-pyrrole nitrogens is 1. The van der Waals surface area contributed by atoms with Crippen molar-refractivity contribution < 1.29 is 4.79 Å². The third-order valence-corrected chi connectivity index (χ3v) is 5.02. The van der Waals surface area contributed by atoms with Crippen LogP contribution < -0.4 is 10.9 Å². The maximum Gasteiger partial charge on any atom is 0.254 e. The van der Waals surface area contributed by atoms with Crippen molar-refractivity contribution in [3.63, 3.8) is 0 Å². The third kappa shape index (κ3) is 3.98. The minimum Gasteiger partial charge on any atom is -0.352 e. The fourth-order valence-electron chi connectivity index (χ4n) is 3.49. The van der Waals surface area contributed by atoms with Crippen LogP contribution in [0.4, 0.5) is 0 Å². The lowest BCUT2D eigenvalue weighted by atomic mass is 9.98. The topological polar surface area (TPSA) is 74.8 Å². The average molecular weight is 339 g/mol. The molecule has 3 rings (SSSR count). The lowest BCUT2D eigenvalue weighted by Gasteiger charge is -2.15. The zero-order valence-corrected chi connectivity index (χ0v) is 15.1. The molecule has 1 heterocycles. The van der Waals surface area contributed by atoms with Crippen molar-refractivity contribution in [2.24, 2.45) is 5.92 Å². The van der Waals surface area contributed by atoms with Crippen molar-refractivity contribution in [2.45, 2.75) is 53.0 Å². The van der Waals surface area contributed by atoms with Crippen LogP contribution in [0.3, 0.4) is 0 Å². The van der Waals surface area contributed by atoms with Gasteiger partial charge in [-0.1, -0.05) is 23.8 Å². The zero-order chi connectivity index (χ0) is 18.0. The highest BCUT2D eigenvalue weighted by Gasteiger charge is 2.24. The highest BCUT2D eigenvalue weighted by molar-refractivity contribution is 5.78. The number of fused-ring (bicyclic) bond motifs is 1. The molecule has 0 fully saturated rings. The van der Waals surface area contributed by atoms with E-state index in [0.29, 0.717) is 31.6 Å². The number of aromatic nitrogens is 2. The number of hydrogen-bond acceptors (Lipinski definition) is 3. The molecule has 0 aliphatic heterocycles. The van der Waals surface area contributed by atoms with E-state index in [1.165, 1.54) is 11.1 Å². The first kappa shape index (κ1) is 17.4. The summed E-state index contributed by atoms with van der Waals surface area (Å²) in [6, 6.07) is 6.28. The second-order valence-electron chi connectivity index (χ2n) is 7.00. The molecule has 1 aromatic carbocycles. The van der Waals surface area contributed by atoms with Gasteiger partial charge >= 0.3 is 0 Å². The van der Waals surface area contributed by atoms with Crippen molar-refractivity contribution in [3.8, 4) is 0 Å². The number of benzene rings is 1. The van der Waals surface area contributed by atoms with Crippen molar-refractivity contribution in [2.75, 3.05) is 0 Å². The van der Waals surface area contributed by atoms with E-state index in [1.54, 1.807) is 6.92 Å². The highest BCUT2D eigenvalue weighted by atomic mass is 16.2. The van der Waals surface area contributed by atoms with Crippen LogP contribution in [0.2, 0.25) is 0 Å². The first-order valence-corrected chi connectivity index (χ1v) is 8.86. The number of nitrogens with zero attached hydrogens (tertiary/aromatic N) is 1. The summed E-state index contributed by atoms with van der Waals surface area (Å²) < 4.78 is 0. The van der Waals surface area contributed by atoms with Gasteiger partial charge in [0.15, 0.2) is 0 Å². The molecule has 2 aromatic rings. The SMILES string of the molecule is Cc1ccc(C)c(CNC(=O)C2CCc3nc(C)[nH]c(=O)c3CC2)c1. The molecule has 5 heteroatoms. The number of hydrogen-bond donors (Lipinski definition) is 2. The first-order chi connectivity index (χ1) is 11.9. The predicted octanol–water partition coefficient (Wildman–Crippen LogP) is 2.51. The summed E-state index contributed by atoms with van der Waals surface area (Å²) in [6.45, 7) is 6.46. The van der Waals surface area contributed by atoms with E-state index in [0.717, 1.165) is 23.2 Å². The molecule has 1 atom stereocenters. The van der Waals surface area contributed by atoms with Gasteiger partial charge < -0.3 is 10.3 Å². The van der Waals surface area contributed by atoms with E-state index in [2.05, 4.69) is 47.3 Å². The molecule has 0 spiro atoms. The zero-order valence-electron chi connectivity index (χ0n) is 15.1. The third-order valence-electron chi connectivity index (χ3n) is 5.02. The normalized spacial score (nSPS) is 16.8. The molecular formula is C20H25N3O2. The van der Waals surface area contributed by atoms with E-state index in [-0.39, 0.29) is 17.4 Å². The van der Waals surface area contributed by atoms with E-state index < -0.39 is 0 Å². The Hall–Kier alpha value is -2.43. The van der Waals surface area contributed by atoms with E-state index in [4.69, 9.17) is 0 Å². The van der Waals surface area contributed by atoms with Crippen molar-refractivity contribution in [1.82, 2.24) is 15.3 Å². The van der Waals surface area contributed by atoms with Gasteiger partial charge in [-0.2, -0.15) is 0 Å². The number of rotatable bonds is 3. The van der Waals surface area contributed by atoms with Crippen LogP contribution in [-0.4, -0.2) is 15.9 Å². The van der Waals surface area contributed by atoms with Crippen LogP contribution in [0.1, 0.15) is 46.6 Å².